The van der Waals surface area contributed by atoms with Crippen LogP contribution >= 0.6 is 11.3 Å². The highest BCUT2D eigenvalue weighted by Crippen LogP contribution is 2.28. The molecule has 0 radical (unpaired) electrons. The molecule has 106 valence electrons. The Kier molecular flexibility index (Phi) is 3.59. The highest BCUT2D eigenvalue weighted by atomic mass is 32.1. The van der Waals surface area contributed by atoms with E-state index in [4.69, 9.17) is 4.74 Å². The summed E-state index contributed by atoms with van der Waals surface area (Å²) in [5.41, 5.74) is 2.04. The van der Waals surface area contributed by atoms with E-state index in [1.807, 2.05) is 38.1 Å². The topological polar surface area (TPSA) is 63.2 Å². The normalized spacial score (nSPS) is 10.7. The maximum atomic E-state index is 9.42. The van der Waals surface area contributed by atoms with Crippen molar-refractivity contribution in [2.75, 3.05) is 6.61 Å². The Labute approximate surface area is 126 Å². The van der Waals surface area contributed by atoms with Crippen molar-refractivity contribution in [2.45, 2.75) is 20.3 Å². The molecule has 0 atom stereocenters. The molecule has 2 heterocycles. The zero-order valence-electron chi connectivity index (χ0n) is 11.8. The molecular weight excluding hydrogens is 284 g/mol. The summed E-state index contributed by atoms with van der Waals surface area (Å²) >= 11 is 1.52. The molecule has 0 aliphatic carbocycles. The van der Waals surface area contributed by atoms with Gasteiger partial charge in [0.25, 0.3) is 0 Å². The molecule has 5 nitrogen and oxygen atoms in total. The first-order valence-corrected chi connectivity index (χ1v) is 7.60. The van der Waals surface area contributed by atoms with Crippen molar-refractivity contribution < 1.29 is 4.74 Å². The van der Waals surface area contributed by atoms with E-state index in [1.165, 1.54) is 11.3 Å². The average molecular weight is 298 g/mol. The van der Waals surface area contributed by atoms with Crippen LogP contribution < -0.4 is 4.74 Å². The zero-order valence-corrected chi connectivity index (χ0v) is 12.6. The van der Waals surface area contributed by atoms with Gasteiger partial charge in [-0.15, -0.1) is 0 Å². The summed E-state index contributed by atoms with van der Waals surface area (Å²) < 4.78 is 7.06. The van der Waals surface area contributed by atoms with E-state index >= 15 is 0 Å². The van der Waals surface area contributed by atoms with Gasteiger partial charge in [0.2, 0.25) is 4.96 Å². The first-order valence-electron chi connectivity index (χ1n) is 6.78. The van der Waals surface area contributed by atoms with E-state index in [0.29, 0.717) is 18.0 Å². The first-order chi connectivity index (χ1) is 10.3. The number of aromatic nitrogens is 3. The Balaban J connectivity index is 2.07. The quantitative estimate of drug-likeness (QED) is 0.741. The molecule has 3 aromatic rings. The van der Waals surface area contributed by atoms with Gasteiger partial charge in [-0.05, 0) is 37.6 Å². The van der Waals surface area contributed by atoms with Crippen molar-refractivity contribution in [3.8, 4) is 23.1 Å². The minimum absolute atomic E-state index is 0.477. The summed E-state index contributed by atoms with van der Waals surface area (Å²) in [6, 6.07) is 9.81. The lowest BCUT2D eigenvalue weighted by Crippen LogP contribution is -1.93. The van der Waals surface area contributed by atoms with E-state index in [1.54, 1.807) is 4.52 Å². The number of ether oxygens (including phenoxy) is 1. The number of aryl methyl sites for hydroxylation is 1. The summed E-state index contributed by atoms with van der Waals surface area (Å²) in [6.07, 6.45) is 0.845. The van der Waals surface area contributed by atoms with Crippen molar-refractivity contribution in [2.24, 2.45) is 0 Å². The van der Waals surface area contributed by atoms with E-state index in [2.05, 4.69) is 16.2 Å². The molecule has 0 saturated heterocycles. The summed E-state index contributed by atoms with van der Waals surface area (Å²) in [5.74, 6) is 0.812. The predicted molar refractivity (Wildman–Crippen MR) is 81.6 cm³/mol. The maximum absolute atomic E-state index is 9.42. The van der Waals surface area contributed by atoms with Crippen LogP contribution in [0.5, 0.6) is 5.75 Å². The molecule has 2 aromatic heterocycles. The lowest BCUT2D eigenvalue weighted by Gasteiger charge is -2.03. The van der Waals surface area contributed by atoms with Crippen LogP contribution in [0.3, 0.4) is 0 Å². The van der Waals surface area contributed by atoms with Gasteiger partial charge >= 0.3 is 0 Å². The number of fused-ring (bicyclic) bond motifs is 1. The molecule has 3 rings (SSSR count). The number of nitrogens with zero attached hydrogens (tertiary/aromatic N) is 4. The molecule has 0 amide bonds. The lowest BCUT2D eigenvalue weighted by atomic mass is 10.1. The molecule has 0 aliphatic heterocycles. The number of benzene rings is 1. The van der Waals surface area contributed by atoms with Crippen LogP contribution in [-0.4, -0.2) is 21.2 Å². The number of rotatable bonds is 4. The fourth-order valence-corrected chi connectivity index (χ4v) is 2.94. The Morgan fingerprint density at radius 3 is 2.67 bits per heavy atom. The van der Waals surface area contributed by atoms with Crippen molar-refractivity contribution in [1.29, 1.82) is 5.26 Å². The molecule has 0 bridgehead atoms. The van der Waals surface area contributed by atoms with Crippen LogP contribution in [0.2, 0.25) is 0 Å². The van der Waals surface area contributed by atoms with Gasteiger partial charge in [0.15, 0.2) is 5.69 Å². The molecule has 6 heteroatoms. The summed E-state index contributed by atoms with van der Waals surface area (Å²) in [6.45, 7) is 4.62. The monoisotopic (exact) mass is 298 g/mol. The van der Waals surface area contributed by atoms with Crippen molar-refractivity contribution in [3.05, 3.63) is 35.0 Å². The second-order valence-electron chi connectivity index (χ2n) is 4.42. The van der Waals surface area contributed by atoms with Gasteiger partial charge in [-0.1, -0.05) is 18.3 Å². The largest absolute Gasteiger partial charge is 0.494 e. The van der Waals surface area contributed by atoms with Gasteiger partial charge in [0.1, 0.15) is 22.5 Å². The highest BCUT2D eigenvalue weighted by molar-refractivity contribution is 7.16. The standard InChI is InChI=1S/C15H14N4OS/c1-3-13-18-19-12(9-16)14(17-15(19)21-13)10-5-7-11(8-6-10)20-4-2/h5-8H,3-4H2,1-2H3. The van der Waals surface area contributed by atoms with Crippen molar-refractivity contribution in [1.82, 2.24) is 14.6 Å². The van der Waals surface area contributed by atoms with Crippen LogP contribution in [0, 0.1) is 11.3 Å². The molecule has 0 spiro atoms. The minimum atomic E-state index is 0.477. The lowest BCUT2D eigenvalue weighted by molar-refractivity contribution is 0.340. The van der Waals surface area contributed by atoms with Gasteiger partial charge in [-0.3, -0.25) is 0 Å². The fourth-order valence-electron chi connectivity index (χ4n) is 2.11. The van der Waals surface area contributed by atoms with Gasteiger partial charge in [0.05, 0.1) is 6.61 Å². The molecule has 0 unspecified atom stereocenters. The van der Waals surface area contributed by atoms with Crippen molar-refractivity contribution in [3.63, 3.8) is 0 Å². The van der Waals surface area contributed by atoms with E-state index < -0.39 is 0 Å². The van der Waals surface area contributed by atoms with E-state index in [0.717, 1.165) is 27.7 Å². The SMILES string of the molecule is CCOc1ccc(-c2nc3sc(CC)nn3c2C#N)cc1. The predicted octanol–water partition coefficient (Wildman–Crippen LogP) is 3.29. The Bertz CT molecular complexity index is 811. The second kappa shape index (κ2) is 5.54. The van der Waals surface area contributed by atoms with Crippen LogP contribution in [0.1, 0.15) is 24.5 Å². The molecule has 0 fully saturated rings. The van der Waals surface area contributed by atoms with Crippen LogP contribution in [-0.2, 0) is 6.42 Å². The van der Waals surface area contributed by atoms with Gasteiger partial charge in [-0.25, -0.2) is 4.98 Å². The first kappa shape index (κ1) is 13.6. The number of nitriles is 1. The second-order valence-corrected chi connectivity index (χ2v) is 5.46. The third kappa shape index (κ3) is 2.36. The molecular formula is C15H14N4OS. The van der Waals surface area contributed by atoms with Gasteiger partial charge in [-0.2, -0.15) is 14.9 Å². The van der Waals surface area contributed by atoms with E-state index in [9.17, 15) is 5.26 Å². The minimum Gasteiger partial charge on any atom is -0.494 e. The van der Waals surface area contributed by atoms with Gasteiger partial charge < -0.3 is 4.74 Å². The Morgan fingerprint density at radius 2 is 2.05 bits per heavy atom. The molecule has 1 aromatic carbocycles. The third-order valence-electron chi connectivity index (χ3n) is 3.09. The fraction of sp³-hybridized carbons (Fsp3) is 0.267. The highest BCUT2D eigenvalue weighted by Gasteiger charge is 2.17. The summed E-state index contributed by atoms with van der Waals surface area (Å²) in [7, 11) is 0. The maximum Gasteiger partial charge on any atom is 0.214 e. The number of hydrogen-bond donors (Lipinski definition) is 0. The molecule has 0 N–H and O–H groups in total. The Morgan fingerprint density at radius 1 is 1.29 bits per heavy atom. The molecule has 0 saturated carbocycles. The van der Waals surface area contributed by atoms with Gasteiger partial charge in [0, 0.05) is 5.56 Å². The zero-order chi connectivity index (χ0) is 14.8. The smallest absolute Gasteiger partial charge is 0.214 e. The molecule has 21 heavy (non-hydrogen) atoms. The number of imidazole rings is 1. The number of hydrogen-bond acceptors (Lipinski definition) is 5. The average Bonchev–Trinajstić information content (AvgIpc) is 3.05. The molecule has 0 aliphatic rings. The third-order valence-corrected chi connectivity index (χ3v) is 4.15. The Hall–Kier alpha value is -2.39. The van der Waals surface area contributed by atoms with E-state index in [-0.39, 0.29) is 0 Å². The van der Waals surface area contributed by atoms with Crippen LogP contribution in [0.4, 0.5) is 0 Å². The van der Waals surface area contributed by atoms with Crippen LogP contribution in [0.15, 0.2) is 24.3 Å². The summed E-state index contributed by atoms with van der Waals surface area (Å²) in [5, 5.41) is 14.8. The van der Waals surface area contributed by atoms with Crippen molar-refractivity contribution >= 4 is 16.3 Å². The van der Waals surface area contributed by atoms with Crippen LogP contribution in [0.25, 0.3) is 16.2 Å². The summed E-state index contributed by atoms with van der Waals surface area (Å²) in [4.78, 5) is 5.31.